The molecule has 20 heavy (non-hydrogen) atoms. The third-order valence-electron chi connectivity index (χ3n) is 3.20. The van der Waals surface area contributed by atoms with Gasteiger partial charge < -0.3 is 18.6 Å². The summed E-state index contributed by atoms with van der Waals surface area (Å²) in [7, 11) is 0. The third kappa shape index (κ3) is 2.46. The van der Waals surface area contributed by atoms with Gasteiger partial charge in [-0.15, -0.1) is 0 Å². The molecule has 0 radical (unpaired) electrons. The van der Waals surface area contributed by atoms with Crippen LogP contribution in [0.3, 0.4) is 0 Å². The Hall–Kier alpha value is -2.08. The van der Waals surface area contributed by atoms with E-state index in [1.54, 1.807) is 29.4 Å². The lowest BCUT2D eigenvalue weighted by Crippen LogP contribution is -2.48. The molecule has 0 N–H and O–H groups in total. The van der Waals surface area contributed by atoms with Crippen molar-refractivity contribution >= 4 is 5.91 Å². The first-order valence-electron chi connectivity index (χ1n) is 6.59. The number of carbonyl (C=O) groups excluding carboxylic acids is 1. The lowest BCUT2D eigenvalue weighted by Gasteiger charge is -2.34. The van der Waals surface area contributed by atoms with Gasteiger partial charge in [-0.3, -0.25) is 4.79 Å². The molecule has 1 aliphatic rings. The quantitative estimate of drug-likeness (QED) is 0.841. The molecule has 6 nitrogen and oxygen atoms in total. The van der Waals surface area contributed by atoms with Crippen LogP contribution in [0.5, 0.6) is 0 Å². The number of hydrogen-bond acceptors (Lipinski definition) is 5. The molecule has 106 valence electrons. The SMILES string of the molecule is C[C@@H]1CN(C(=O)c2cc(-c3ccco3)on2)C[C@@H](C)O1. The average Bonchev–Trinajstić information content (AvgIpc) is 3.07. The number of carbonyl (C=O) groups is 1. The zero-order valence-corrected chi connectivity index (χ0v) is 11.4. The van der Waals surface area contributed by atoms with Gasteiger partial charge in [-0.25, -0.2) is 0 Å². The standard InChI is InChI=1S/C14H16N2O4/c1-9-7-16(8-10(2)19-9)14(17)11-6-13(20-15-11)12-4-3-5-18-12/h3-6,9-10H,7-8H2,1-2H3/t9-,10-/m1/s1. The highest BCUT2D eigenvalue weighted by atomic mass is 16.5. The van der Waals surface area contributed by atoms with E-state index in [-0.39, 0.29) is 23.8 Å². The summed E-state index contributed by atoms with van der Waals surface area (Å²) in [6, 6.07) is 5.12. The second-order valence-corrected chi connectivity index (χ2v) is 5.02. The van der Waals surface area contributed by atoms with Crippen LogP contribution in [-0.2, 0) is 4.74 Å². The maximum absolute atomic E-state index is 12.4. The molecule has 0 aliphatic carbocycles. The largest absolute Gasteiger partial charge is 0.461 e. The maximum Gasteiger partial charge on any atom is 0.276 e. The smallest absolute Gasteiger partial charge is 0.276 e. The first kappa shape index (κ1) is 12.9. The van der Waals surface area contributed by atoms with Crippen LogP contribution < -0.4 is 0 Å². The minimum absolute atomic E-state index is 0.0270. The van der Waals surface area contributed by atoms with Crippen molar-refractivity contribution in [3.63, 3.8) is 0 Å². The fraction of sp³-hybridized carbons (Fsp3) is 0.429. The second-order valence-electron chi connectivity index (χ2n) is 5.02. The van der Waals surface area contributed by atoms with Crippen molar-refractivity contribution in [1.82, 2.24) is 10.1 Å². The molecule has 2 aromatic rings. The van der Waals surface area contributed by atoms with Crippen LogP contribution >= 0.6 is 0 Å². The molecule has 0 unspecified atom stereocenters. The highest BCUT2D eigenvalue weighted by molar-refractivity contribution is 5.93. The maximum atomic E-state index is 12.4. The van der Waals surface area contributed by atoms with Crippen molar-refractivity contribution in [2.24, 2.45) is 0 Å². The van der Waals surface area contributed by atoms with E-state index in [1.807, 2.05) is 13.8 Å². The van der Waals surface area contributed by atoms with Gasteiger partial charge in [-0.1, -0.05) is 5.16 Å². The third-order valence-corrected chi connectivity index (χ3v) is 3.20. The highest BCUT2D eigenvalue weighted by Gasteiger charge is 2.28. The Morgan fingerprint density at radius 1 is 1.30 bits per heavy atom. The number of ether oxygens (including phenoxy) is 1. The molecule has 2 aromatic heterocycles. The summed E-state index contributed by atoms with van der Waals surface area (Å²) in [5, 5.41) is 3.83. The second kappa shape index (κ2) is 5.13. The van der Waals surface area contributed by atoms with E-state index in [0.29, 0.717) is 24.6 Å². The number of amides is 1. The topological polar surface area (TPSA) is 68.7 Å². The van der Waals surface area contributed by atoms with Crippen LogP contribution in [0.25, 0.3) is 11.5 Å². The summed E-state index contributed by atoms with van der Waals surface area (Å²) < 4.78 is 16.0. The Morgan fingerprint density at radius 3 is 2.70 bits per heavy atom. The Labute approximate surface area is 116 Å². The normalized spacial score (nSPS) is 23.0. The predicted octanol–water partition coefficient (Wildman–Crippen LogP) is 2.18. The van der Waals surface area contributed by atoms with Crippen molar-refractivity contribution in [2.45, 2.75) is 26.1 Å². The Balaban J connectivity index is 1.77. The van der Waals surface area contributed by atoms with Crippen LogP contribution in [0.1, 0.15) is 24.3 Å². The summed E-state index contributed by atoms with van der Waals surface area (Å²) >= 11 is 0. The summed E-state index contributed by atoms with van der Waals surface area (Å²) in [5.74, 6) is 0.863. The van der Waals surface area contributed by atoms with Gasteiger partial charge in [0.2, 0.25) is 5.76 Å². The number of nitrogens with zero attached hydrogens (tertiary/aromatic N) is 2. The molecule has 1 saturated heterocycles. The number of aromatic nitrogens is 1. The van der Waals surface area contributed by atoms with Crippen molar-refractivity contribution in [1.29, 1.82) is 0 Å². The van der Waals surface area contributed by atoms with Gasteiger partial charge in [-0.05, 0) is 26.0 Å². The van der Waals surface area contributed by atoms with E-state index < -0.39 is 0 Å². The molecule has 0 aromatic carbocycles. The number of furan rings is 1. The number of morpholine rings is 1. The molecule has 0 bridgehead atoms. The van der Waals surface area contributed by atoms with E-state index in [2.05, 4.69) is 5.16 Å². The summed E-state index contributed by atoms with van der Waals surface area (Å²) in [5.41, 5.74) is 0.290. The summed E-state index contributed by atoms with van der Waals surface area (Å²) in [6.07, 6.45) is 1.60. The zero-order chi connectivity index (χ0) is 14.1. The Kier molecular flexibility index (Phi) is 3.31. The lowest BCUT2D eigenvalue weighted by atomic mass is 10.2. The van der Waals surface area contributed by atoms with Crippen molar-refractivity contribution in [3.05, 3.63) is 30.2 Å². The van der Waals surface area contributed by atoms with Crippen molar-refractivity contribution in [3.8, 4) is 11.5 Å². The van der Waals surface area contributed by atoms with Gasteiger partial charge in [0.25, 0.3) is 5.91 Å². The van der Waals surface area contributed by atoms with Gasteiger partial charge in [-0.2, -0.15) is 0 Å². The highest BCUT2D eigenvalue weighted by Crippen LogP contribution is 2.22. The van der Waals surface area contributed by atoms with Crippen LogP contribution in [0.2, 0.25) is 0 Å². The van der Waals surface area contributed by atoms with Crippen molar-refractivity contribution < 1.29 is 18.5 Å². The van der Waals surface area contributed by atoms with Gasteiger partial charge in [0.05, 0.1) is 18.5 Å². The van der Waals surface area contributed by atoms with Gasteiger partial charge in [0.1, 0.15) is 0 Å². The van der Waals surface area contributed by atoms with Gasteiger partial charge in [0, 0.05) is 19.2 Å². The summed E-state index contributed by atoms with van der Waals surface area (Å²) in [4.78, 5) is 14.1. The average molecular weight is 276 g/mol. The fourth-order valence-electron chi connectivity index (χ4n) is 2.42. The molecule has 2 atom stereocenters. The molecule has 1 fully saturated rings. The number of hydrogen-bond donors (Lipinski definition) is 0. The van der Waals surface area contributed by atoms with E-state index in [0.717, 1.165) is 0 Å². The summed E-state index contributed by atoms with van der Waals surface area (Å²) in [6.45, 7) is 5.03. The zero-order valence-electron chi connectivity index (χ0n) is 11.4. The van der Waals surface area contributed by atoms with Crippen molar-refractivity contribution in [2.75, 3.05) is 13.1 Å². The van der Waals surface area contributed by atoms with E-state index in [1.165, 1.54) is 0 Å². The molecular weight excluding hydrogens is 260 g/mol. The Bertz CT molecular complexity index is 580. The molecule has 3 heterocycles. The van der Waals surface area contributed by atoms with Crippen LogP contribution in [0, 0.1) is 0 Å². The van der Waals surface area contributed by atoms with Gasteiger partial charge in [0.15, 0.2) is 11.5 Å². The molecular formula is C14H16N2O4. The van der Waals surface area contributed by atoms with Crippen LogP contribution in [0.15, 0.2) is 33.4 Å². The monoisotopic (exact) mass is 276 g/mol. The minimum Gasteiger partial charge on any atom is -0.461 e. The van der Waals surface area contributed by atoms with E-state index >= 15 is 0 Å². The minimum atomic E-state index is -0.145. The fourth-order valence-corrected chi connectivity index (χ4v) is 2.42. The van der Waals surface area contributed by atoms with E-state index in [9.17, 15) is 4.79 Å². The first-order chi connectivity index (χ1) is 9.63. The van der Waals surface area contributed by atoms with E-state index in [4.69, 9.17) is 13.7 Å². The molecule has 3 rings (SSSR count). The predicted molar refractivity (Wildman–Crippen MR) is 70.1 cm³/mol. The molecule has 0 saturated carbocycles. The first-order valence-corrected chi connectivity index (χ1v) is 6.59. The molecule has 0 spiro atoms. The molecule has 6 heteroatoms. The van der Waals surface area contributed by atoms with Gasteiger partial charge >= 0.3 is 0 Å². The molecule has 1 aliphatic heterocycles. The lowest BCUT2D eigenvalue weighted by molar-refractivity contribution is -0.0588. The van der Waals surface area contributed by atoms with Crippen LogP contribution in [-0.4, -0.2) is 41.3 Å². The molecule has 1 amide bonds. The van der Waals surface area contributed by atoms with Crippen LogP contribution in [0.4, 0.5) is 0 Å². The number of rotatable bonds is 2. The Morgan fingerprint density at radius 2 is 2.05 bits per heavy atom.